The number of nitrogens with one attached hydrogen (secondary N) is 1. The molecule has 5 heteroatoms. The number of ether oxygens (including phenoxy) is 2. The molecule has 22 heavy (non-hydrogen) atoms. The number of nitrogens with two attached hydrogens (primary N) is 1. The molecule has 0 radical (unpaired) electrons. The van der Waals surface area contributed by atoms with Crippen LogP contribution in [0.2, 0.25) is 0 Å². The van der Waals surface area contributed by atoms with Crippen molar-refractivity contribution in [1.82, 2.24) is 0 Å². The van der Waals surface area contributed by atoms with Gasteiger partial charge in [-0.05, 0) is 30.2 Å². The van der Waals surface area contributed by atoms with Gasteiger partial charge in [-0.1, -0.05) is 30.3 Å². The lowest BCUT2D eigenvalue weighted by molar-refractivity contribution is -0.134. The van der Waals surface area contributed by atoms with Gasteiger partial charge in [0.2, 0.25) is 0 Å². The van der Waals surface area contributed by atoms with Crippen LogP contribution in [0, 0.1) is 5.41 Å². The van der Waals surface area contributed by atoms with E-state index in [1.165, 1.54) is 7.11 Å². The molecule has 2 aromatic rings. The molecule has 0 spiro atoms. The summed E-state index contributed by atoms with van der Waals surface area (Å²) in [7, 11) is 1.47. The van der Waals surface area contributed by atoms with E-state index in [4.69, 9.17) is 20.6 Å². The Morgan fingerprint density at radius 3 is 2.50 bits per heavy atom. The number of methoxy groups -OCH3 is 1. The first kappa shape index (κ1) is 15.6. The van der Waals surface area contributed by atoms with E-state index in [1.807, 2.05) is 30.3 Å². The maximum absolute atomic E-state index is 11.9. The van der Waals surface area contributed by atoms with Gasteiger partial charge in [-0.2, -0.15) is 0 Å². The standard InChI is InChI=1S/C17H18N2O3/c1-21-15-11-13(17(18)19)8-9-14(15)22-16(20)10-7-12-5-3-2-4-6-12/h2-6,8-9,11H,7,10H2,1H3,(H3,18,19). The summed E-state index contributed by atoms with van der Waals surface area (Å²) in [6.07, 6.45) is 0.898. The zero-order valence-electron chi connectivity index (χ0n) is 12.3. The highest BCUT2D eigenvalue weighted by Gasteiger charge is 2.12. The minimum atomic E-state index is -0.335. The van der Waals surface area contributed by atoms with Crippen LogP contribution in [-0.4, -0.2) is 18.9 Å². The van der Waals surface area contributed by atoms with Gasteiger partial charge >= 0.3 is 5.97 Å². The number of benzene rings is 2. The van der Waals surface area contributed by atoms with Crippen LogP contribution in [0.4, 0.5) is 0 Å². The molecule has 2 aromatic carbocycles. The summed E-state index contributed by atoms with van der Waals surface area (Å²) >= 11 is 0. The number of hydrogen-bond acceptors (Lipinski definition) is 4. The van der Waals surface area contributed by atoms with Crippen molar-refractivity contribution in [1.29, 1.82) is 5.41 Å². The molecule has 0 aliphatic rings. The second kappa shape index (κ2) is 7.26. The third-order valence-corrected chi connectivity index (χ3v) is 3.16. The van der Waals surface area contributed by atoms with Crippen molar-refractivity contribution in [2.24, 2.45) is 5.73 Å². The van der Waals surface area contributed by atoms with E-state index in [0.717, 1.165) is 5.56 Å². The van der Waals surface area contributed by atoms with Crippen molar-refractivity contribution in [2.45, 2.75) is 12.8 Å². The lowest BCUT2D eigenvalue weighted by Crippen LogP contribution is -2.13. The van der Waals surface area contributed by atoms with Gasteiger partial charge < -0.3 is 15.2 Å². The number of aryl methyl sites for hydroxylation is 1. The van der Waals surface area contributed by atoms with Crippen molar-refractivity contribution >= 4 is 11.8 Å². The molecule has 0 unspecified atom stereocenters. The van der Waals surface area contributed by atoms with Gasteiger partial charge in [0.15, 0.2) is 11.5 Å². The van der Waals surface area contributed by atoms with Crippen LogP contribution < -0.4 is 15.2 Å². The first-order valence-electron chi connectivity index (χ1n) is 6.87. The first-order chi connectivity index (χ1) is 10.6. The smallest absolute Gasteiger partial charge is 0.311 e. The Morgan fingerprint density at radius 1 is 1.14 bits per heavy atom. The summed E-state index contributed by atoms with van der Waals surface area (Å²) in [4.78, 5) is 11.9. The SMILES string of the molecule is COc1cc(C(=N)N)ccc1OC(=O)CCc1ccccc1. The Kier molecular flexibility index (Phi) is 5.14. The van der Waals surface area contributed by atoms with E-state index in [9.17, 15) is 4.79 Å². The fourth-order valence-electron chi connectivity index (χ4n) is 1.98. The molecular formula is C17H18N2O3. The van der Waals surface area contributed by atoms with Gasteiger partial charge in [-0.15, -0.1) is 0 Å². The Bertz CT molecular complexity index is 669. The number of nitrogen functional groups attached to an aromatic ring is 1. The number of esters is 1. The molecule has 5 nitrogen and oxygen atoms in total. The predicted molar refractivity (Wildman–Crippen MR) is 84.4 cm³/mol. The average Bonchev–Trinajstić information content (AvgIpc) is 2.54. The van der Waals surface area contributed by atoms with Crippen LogP contribution in [0.5, 0.6) is 11.5 Å². The van der Waals surface area contributed by atoms with E-state index < -0.39 is 0 Å². The molecule has 114 valence electrons. The van der Waals surface area contributed by atoms with Gasteiger partial charge in [0.1, 0.15) is 5.84 Å². The van der Waals surface area contributed by atoms with E-state index in [2.05, 4.69) is 0 Å². The van der Waals surface area contributed by atoms with Crippen LogP contribution in [0.1, 0.15) is 17.5 Å². The zero-order chi connectivity index (χ0) is 15.9. The molecule has 0 bridgehead atoms. The molecule has 0 heterocycles. The Balaban J connectivity index is 2.00. The number of amidine groups is 1. The van der Waals surface area contributed by atoms with Gasteiger partial charge in [0.05, 0.1) is 7.11 Å². The van der Waals surface area contributed by atoms with E-state index in [0.29, 0.717) is 23.5 Å². The Hall–Kier alpha value is -2.82. The van der Waals surface area contributed by atoms with Crippen LogP contribution in [-0.2, 0) is 11.2 Å². The predicted octanol–water partition coefficient (Wildman–Crippen LogP) is 2.52. The molecule has 0 atom stereocenters. The van der Waals surface area contributed by atoms with E-state index in [1.54, 1.807) is 18.2 Å². The van der Waals surface area contributed by atoms with E-state index in [-0.39, 0.29) is 18.2 Å². The summed E-state index contributed by atoms with van der Waals surface area (Å²) in [5, 5.41) is 7.39. The number of hydrogen-bond donors (Lipinski definition) is 2. The fraction of sp³-hybridized carbons (Fsp3) is 0.176. The monoisotopic (exact) mass is 298 g/mol. The number of rotatable bonds is 6. The van der Waals surface area contributed by atoms with Crippen molar-refractivity contribution in [3.63, 3.8) is 0 Å². The second-order valence-electron chi connectivity index (χ2n) is 4.74. The largest absolute Gasteiger partial charge is 0.493 e. The van der Waals surface area contributed by atoms with Crippen LogP contribution in [0.25, 0.3) is 0 Å². The Labute approximate surface area is 129 Å². The molecular weight excluding hydrogens is 280 g/mol. The highest BCUT2D eigenvalue weighted by molar-refractivity contribution is 5.95. The minimum absolute atomic E-state index is 0.0692. The molecule has 2 rings (SSSR count). The highest BCUT2D eigenvalue weighted by Crippen LogP contribution is 2.28. The van der Waals surface area contributed by atoms with Crippen molar-refractivity contribution in [2.75, 3.05) is 7.11 Å². The van der Waals surface area contributed by atoms with Crippen LogP contribution in [0.15, 0.2) is 48.5 Å². The second-order valence-corrected chi connectivity index (χ2v) is 4.74. The molecule has 0 aliphatic carbocycles. The number of carbonyl (C=O) groups excluding carboxylic acids is 1. The van der Waals surface area contributed by atoms with Gasteiger partial charge in [-0.25, -0.2) is 0 Å². The van der Waals surface area contributed by atoms with Crippen LogP contribution in [0.3, 0.4) is 0 Å². The summed E-state index contributed by atoms with van der Waals surface area (Å²) in [5.74, 6) is 0.296. The topological polar surface area (TPSA) is 85.4 Å². The maximum Gasteiger partial charge on any atom is 0.311 e. The highest BCUT2D eigenvalue weighted by atomic mass is 16.6. The summed E-state index contributed by atoms with van der Waals surface area (Å²) in [5.41, 5.74) is 7.02. The Morgan fingerprint density at radius 2 is 1.86 bits per heavy atom. The quantitative estimate of drug-likeness (QED) is 0.371. The first-order valence-corrected chi connectivity index (χ1v) is 6.87. The minimum Gasteiger partial charge on any atom is -0.493 e. The summed E-state index contributed by atoms with van der Waals surface area (Å²) in [6.45, 7) is 0. The molecule has 0 saturated carbocycles. The zero-order valence-corrected chi connectivity index (χ0v) is 12.3. The van der Waals surface area contributed by atoms with Crippen molar-refractivity contribution in [3.05, 3.63) is 59.7 Å². The lowest BCUT2D eigenvalue weighted by atomic mass is 10.1. The molecule has 0 amide bonds. The molecule has 0 aromatic heterocycles. The van der Waals surface area contributed by atoms with E-state index >= 15 is 0 Å². The molecule has 0 fully saturated rings. The average molecular weight is 298 g/mol. The van der Waals surface area contributed by atoms with Crippen molar-refractivity contribution < 1.29 is 14.3 Å². The van der Waals surface area contributed by atoms with Crippen molar-refractivity contribution in [3.8, 4) is 11.5 Å². The molecule has 0 aliphatic heterocycles. The lowest BCUT2D eigenvalue weighted by Gasteiger charge is -2.10. The maximum atomic E-state index is 11.9. The molecule has 3 N–H and O–H groups in total. The van der Waals surface area contributed by atoms with Crippen LogP contribution >= 0.6 is 0 Å². The third-order valence-electron chi connectivity index (χ3n) is 3.16. The van der Waals surface area contributed by atoms with Gasteiger partial charge in [0, 0.05) is 12.0 Å². The van der Waals surface area contributed by atoms with Gasteiger partial charge in [0.25, 0.3) is 0 Å². The molecule has 0 saturated heterocycles. The summed E-state index contributed by atoms with van der Waals surface area (Å²) in [6, 6.07) is 14.5. The fourth-order valence-corrected chi connectivity index (χ4v) is 1.98. The third kappa shape index (κ3) is 4.09. The summed E-state index contributed by atoms with van der Waals surface area (Å²) < 4.78 is 10.5. The normalized spacial score (nSPS) is 10.0. The number of carbonyl (C=O) groups is 1. The van der Waals surface area contributed by atoms with Gasteiger partial charge in [-0.3, -0.25) is 10.2 Å².